The van der Waals surface area contributed by atoms with Crippen molar-refractivity contribution in [3.05, 3.63) is 108 Å². The van der Waals surface area contributed by atoms with Crippen molar-refractivity contribution in [2.45, 2.75) is 38.9 Å². The summed E-state index contributed by atoms with van der Waals surface area (Å²) >= 11 is 0. The molecule has 2 aromatic carbocycles. The van der Waals surface area contributed by atoms with Crippen molar-refractivity contribution in [3.63, 3.8) is 0 Å². The molecule has 0 spiro atoms. The summed E-state index contributed by atoms with van der Waals surface area (Å²) in [5, 5.41) is 3.06. The molecule has 0 radical (unpaired) electrons. The third-order valence-electron chi connectivity index (χ3n) is 5.85. The summed E-state index contributed by atoms with van der Waals surface area (Å²) in [6.45, 7) is 5.97. The fourth-order valence-corrected chi connectivity index (χ4v) is 4.13. The molecular formula is C30H32N4O3. The van der Waals surface area contributed by atoms with Gasteiger partial charge in [0.05, 0.1) is 7.11 Å². The summed E-state index contributed by atoms with van der Waals surface area (Å²) in [6.07, 6.45) is 3.26. The number of benzene rings is 2. The average molecular weight is 497 g/mol. The van der Waals surface area contributed by atoms with E-state index >= 15 is 0 Å². The molecule has 0 aliphatic carbocycles. The Labute approximate surface area is 217 Å². The van der Waals surface area contributed by atoms with Crippen LogP contribution in [0.3, 0.4) is 0 Å². The minimum atomic E-state index is -0.875. The lowest BCUT2D eigenvalue weighted by atomic mass is 10.0. The quantitative estimate of drug-likeness (QED) is 0.343. The van der Waals surface area contributed by atoms with Gasteiger partial charge < -0.3 is 19.9 Å². The summed E-state index contributed by atoms with van der Waals surface area (Å²) in [7, 11) is 1.61. The largest absolute Gasteiger partial charge is 0.497 e. The SMILES string of the molecule is COc1ccc(CN(C(=O)c2ccc(-c3ccccc3)[nH]2)[C@H](C(=O)NC(C)(C)C)c2ccncc2)cc1. The first-order chi connectivity index (χ1) is 17.7. The van der Waals surface area contributed by atoms with E-state index in [1.54, 1.807) is 42.6 Å². The van der Waals surface area contributed by atoms with E-state index in [9.17, 15) is 9.59 Å². The molecule has 0 saturated carbocycles. The number of rotatable bonds is 8. The maximum absolute atomic E-state index is 14.1. The van der Waals surface area contributed by atoms with Crippen molar-refractivity contribution in [2.24, 2.45) is 0 Å². The highest BCUT2D eigenvalue weighted by Crippen LogP contribution is 2.28. The van der Waals surface area contributed by atoms with Crippen molar-refractivity contribution in [2.75, 3.05) is 7.11 Å². The van der Waals surface area contributed by atoms with Crippen LogP contribution in [0.25, 0.3) is 11.3 Å². The highest BCUT2D eigenvalue weighted by Gasteiger charge is 2.34. The van der Waals surface area contributed by atoms with Crippen molar-refractivity contribution in [1.82, 2.24) is 20.2 Å². The second-order valence-electron chi connectivity index (χ2n) is 9.86. The number of carbonyl (C=O) groups excluding carboxylic acids is 2. The van der Waals surface area contributed by atoms with Gasteiger partial charge in [-0.1, -0.05) is 42.5 Å². The zero-order chi connectivity index (χ0) is 26.4. The number of nitrogens with zero attached hydrogens (tertiary/aromatic N) is 2. The van der Waals surface area contributed by atoms with Crippen LogP contribution >= 0.6 is 0 Å². The second-order valence-corrected chi connectivity index (χ2v) is 9.86. The van der Waals surface area contributed by atoms with Gasteiger partial charge in [0.2, 0.25) is 5.91 Å². The van der Waals surface area contributed by atoms with Crippen LogP contribution in [0.5, 0.6) is 5.75 Å². The Morgan fingerprint density at radius 3 is 2.24 bits per heavy atom. The standard InChI is InChI=1S/C30H32N4O3/c1-30(2,3)33-28(35)27(23-16-18-31-19-17-23)34(20-21-10-12-24(37-4)13-11-21)29(36)26-15-14-25(32-26)22-8-6-5-7-9-22/h5-19,27,32H,20H2,1-4H3,(H,33,35)/t27-/m0/s1. The van der Waals surface area contributed by atoms with Crippen LogP contribution in [0.1, 0.15) is 48.4 Å². The Kier molecular flexibility index (Phi) is 7.72. The van der Waals surface area contributed by atoms with Gasteiger partial charge in [-0.3, -0.25) is 14.6 Å². The summed E-state index contributed by atoms with van der Waals surface area (Å²) in [6, 6.07) is 23.6. The van der Waals surface area contributed by atoms with E-state index in [0.29, 0.717) is 11.3 Å². The molecule has 4 aromatic rings. The van der Waals surface area contributed by atoms with Crippen LogP contribution in [0, 0.1) is 0 Å². The highest BCUT2D eigenvalue weighted by atomic mass is 16.5. The Morgan fingerprint density at radius 2 is 1.62 bits per heavy atom. The number of aromatic amines is 1. The second kappa shape index (κ2) is 11.1. The van der Waals surface area contributed by atoms with Crippen molar-refractivity contribution in [1.29, 1.82) is 0 Å². The summed E-state index contributed by atoms with van der Waals surface area (Å²) in [5.41, 5.74) is 3.26. The van der Waals surface area contributed by atoms with Crippen molar-refractivity contribution in [3.8, 4) is 17.0 Å². The number of ether oxygens (including phenoxy) is 1. The number of hydrogen-bond donors (Lipinski definition) is 2. The Hall–Kier alpha value is -4.39. The van der Waals surface area contributed by atoms with E-state index in [-0.39, 0.29) is 18.4 Å². The van der Waals surface area contributed by atoms with Gasteiger partial charge >= 0.3 is 0 Å². The summed E-state index contributed by atoms with van der Waals surface area (Å²) < 4.78 is 5.29. The van der Waals surface area contributed by atoms with E-state index in [0.717, 1.165) is 22.6 Å². The van der Waals surface area contributed by atoms with Crippen LogP contribution in [-0.4, -0.2) is 39.3 Å². The number of nitrogens with one attached hydrogen (secondary N) is 2. The maximum Gasteiger partial charge on any atom is 0.271 e. The molecule has 190 valence electrons. The van der Waals surface area contributed by atoms with Gasteiger partial charge in [0.1, 0.15) is 17.5 Å². The molecule has 7 heteroatoms. The minimum Gasteiger partial charge on any atom is -0.497 e. The molecular weight excluding hydrogens is 464 g/mol. The number of carbonyl (C=O) groups is 2. The van der Waals surface area contributed by atoms with Crippen molar-refractivity contribution >= 4 is 11.8 Å². The summed E-state index contributed by atoms with van der Waals surface area (Å²) in [4.78, 5) is 36.7. The van der Waals surface area contributed by atoms with Gasteiger partial charge in [0, 0.05) is 30.2 Å². The molecule has 37 heavy (non-hydrogen) atoms. The molecule has 0 unspecified atom stereocenters. The van der Waals surface area contributed by atoms with Crippen LogP contribution in [-0.2, 0) is 11.3 Å². The molecule has 2 amide bonds. The first kappa shape index (κ1) is 25.7. The van der Waals surface area contributed by atoms with Crippen molar-refractivity contribution < 1.29 is 14.3 Å². The Morgan fingerprint density at radius 1 is 0.946 bits per heavy atom. The predicted molar refractivity (Wildman–Crippen MR) is 144 cm³/mol. The number of H-pyrrole nitrogens is 1. The fourth-order valence-electron chi connectivity index (χ4n) is 4.13. The van der Waals surface area contributed by atoms with E-state index < -0.39 is 11.6 Å². The zero-order valence-electron chi connectivity index (χ0n) is 21.6. The van der Waals surface area contributed by atoms with Gasteiger partial charge in [-0.05, 0) is 73.9 Å². The zero-order valence-corrected chi connectivity index (χ0v) is 21.6. The molecule has 2 aromatic heterocycles. The van der Waals surface area contributed by atoms with E-state index in [4.69, 9.17) is 4.74 Å². The fraction of sp³-hybridized carbons (Fsp3) is 0.233. The van der Waals surface area contributed by atoms with Crippen LogP contribution in [0.2, 0.25) is 0 Å². The third kappa shape index (κ3) is 6.44. The summed E-state index contributed by atoms with van der Waals surface area (Å²) in [5.74, 6) is 0.161. The molecule has 2 N–H and O–H groups in total. The highest BCUT2D eigenvalue weighted by molar-refractivity contribution is 5.97. The lowest BCUT2D eigenvalue weighted by Gasteiger charge is -2.33. The van der Waals surface area contributed by atoms with E-state index in [1.807, 2.05) is 81.4 Å². The first-order valence-electron chi connectivity index (χ1n) is 12.2. The maximum atomic E-state index is 14.1. The first-order valence-corrected chi connectivity index (χ1v) is 12.2. The van der Waals surface area contributed by atoms with E-state index in [1.165, 1.54) is 0 Å². The molecule has 7 nitrogen and oxygen atoms in total. The van der Waals surface area contributed by atoms with E-state index in [2.05, 4.69) is 15.3 Å². The Bertz CT molecular complexity index is 1330. The van der Waals surface area contributed by atoms with Gasteiger partial charge in [0.25, 0.3) is 5.91 Å². The predicted octanol–water partition coefficient (Wildman–Crippen LogP) is 5.38. The third-order valence-corrected chi connectivity index (χ3v) is 5.85. The number of pyridine rings is 1. The lowest BCUT2D eigenvalue weighted by molar-refractivity contribution is -0.127. The Balaban J connectivity index is 1.76. The molecule has 0 bridgehead atoms. The van der Waals surface area contributed by atoms with Gasteiger partial charge in [-0.15, -0.1) is 0 Å². The topological polar surface area (TPSA) is 87.3 Å². The monoisotopic (exact) mass is 496 g/mol. The minimum absolute atomic E-state index is 0.215. The van der Waals surface area contributed by atoms with Gasteiger partial charge in [-0.25, -0.2) is 0 Å². The molecule has 0 saturated heterocycles. The number of hydrogen-bond acceptors (Lipinski definition) is 4. The smallest absolute Gasteiger partial charge is 0.271 e. The molecule has 0 aliphatic heterocycles. The van der Waals surface area contributed by atoms with Gasteiger partial charge in [-0.2, -0.15) is 0 Å². The number of amides is 2. The molecule has 2 heterocycles. The van der Waals surface area contributed by atoms with Crippen LogP contribution in [0.4, 0.5) is 0 Å². The van der Waals surface area contributed by atoms with Crippen LogP contribution < -0.4 is 10.1 Å². The number of aromatic nitrogens is 2. The molecule has 0 aliphatic rings. The van der Waals surface area contributed by atoms with Gasteiger partial charge in [0.15, 0.2) is 0 Å². The molecule has 4 rings (SSSR count). The number of methoxy groups -OCH3 is 1. The average Bonchev–Trinajstić information content (AvgIpc) is 3.39. The molecule has 0 fully saturated rings. The molecule has 1 atom stereocenters. The lowest BCUT2D eigenvalue weighted by Crippen LogP contribution is -2.49. The normalized spacial score (nSPS) is 12.0. The van der Waals surface area contributed by atoms with Crippen LogP contribution in [0.15, 0.2) is 91.3 Å².